The van der Waals surface area contributed by atoms with Gasteiger partial charge in [-0.2, -0.15) is 0 Å². The van der Waals surface area contributed by atoms with Crippen LogP contribution in [0.3, 0.4) is 0 Å². The van der Waals surface area contributed by atoms with Crippen LogP contribution in [-0.2, 0) is 9.53 Å². The van der Waals surface area contributed by atoms with E-state index < -0.39 is 17.5 Å². The van der Waals surface area contributed by atoms with Crippen LogP contribution in [0.5, 0.6) is 0 Å². The number of nitrogens with one attached hydrogen (secondary N) is 1. The second-order valence-corrected chi connectivity index (χ2v) is 6.85. The van der Waals surface area contributed by atoms with Crippen molar-refractivity contribution in [1.29, 1.82) is 0 Å². The molecule has 1 N–H and O–H groups in total. The number of nitrogens with zero attached hydrogens (tertiary/aromatic N) is 2. The van der Waals surface area contributed by atoms with Gasteiger partial charge in [0.2, 0.25) is 0 Å². The Morgan fingerprint density at radius 3 is 2.71 bits per heavy atom. The molecule has 0 unspecified atom stereocenters. The zero-order valence-corrected chi connectivity index (χ0v) is 14.7. The van der Waals surface area contributed by atoms with Gasteiger partial charge in [0.15, 0.2) is 0 Å². The van der Waals surface area contributed by atoms with Crippen molar-refractivity contribution in [3.8, 4) is 0 Å². The van der Waals surface area contributed by atoms with Crippen molar-refractivity contribution in [3.05, 3.63) is 29.0 Å². The van der Waals surface area contributed by atoms with Crippen LogP contribution in [0.4, 0.5) is 14.9 Å². The van der Waals surface area contributed by atoms with Gasteiger partial charge >= 0.3 is 6.09 Å². The molecule has 2 rings (SSSR count). The van der Waals surface area contributed by atoms with Crippen molar-refractivity contribution in [2.75, 3.05) is 24.6 Å². The van der Waals surface area contributed by atoms with Gasteiger partial charge in [0.05, 0.1) is 10.7 Å². The number of hydrogen-bond donors (Lipinski definition) is 1. The maximum Gasteiger partial charge on any atom is 0.408 e. The number of anilines is 1. The summed E-state index contributed by atoms with van der Waals surface area (Å²) in [5.41, 5.74) is -0.207. The van der Waals surface area contributed by atoms with Crippen molar-refractivity contribution in [2.24, 2.45) is 0 Å². The SMILES string of the molecule is CC(C)(C)OC(=O)NCC(=O)N1CCCN1c1cc(F)ccc1Cl. The molecule has 6 nitrogen and oxygen atoms in total. The van der Waals surface area contributed by atoms with Crippen LogP contribution >= 0.6 is 11.6 Å². The van der Waals surface area contributed by atoms with E-state index in [-0.39, 0.29) is 12.5 Å². The van der Waals surface area contributed by atoms with Gasteiger partial charge < -0.3 is 10.1 Å². The number of carbonyl (C=O) groups excluding carboxylic acids is 2. The van der Waals surface area contributed by atoms with Gasteiger partial charge in [-0.25, -0.2) is 9.18 Å². The average molecular weight is 358 g/mol. The normalized spacial score (nSPS) is 14.7. The van der Waals surface area contributed by atoms with Gasteiger partial charge in [-0.3, -0.25) is 14.8 Å². The number of halogens is 2. The second kappa shape index (κ2) is 7.25. The summed E-state index contributed by atoms with van der Waals surface area (Å²) < 4.78 is 18.6. The first-order valence-corrected chi connectivity index (χ1v) is 8.05. The summed E-state index contributed by atoms with van der Waals surface area (Å²) in [6, 6.07) is 4.00. The molecular formula is C16H21ClFN3O3. The van der Waals surface area contributed by atoms with Crippen molar-refractivity contribution in [3.63, 3.8) is 0 Å². The summed E-state index contributed by atoms with van der Waals surface area (Å²) in [6.07, 6.45) is 0.0655. The van der Waals surface area contributed by atoms with E-state index in [9.17, 15) is 14.0 Å². The van der Waals surface area contributed by atoms with E-state index in [0.29, 0.717) is 23.8 Å². The monoisotopic (exact) mass is 357 g/mol. The minimum atomic E-state index is -0.662. The molecule has 1 saturated heterocycles. The highest BCUT2D eigenvalue weighted by Crippen LogP contribution is 2.30. The minimum Gasteiger partial charge on any atom is -0.444 e. The lowest BCUT2D eigenvalue weighted by molar-refractivity contribution is -0.129. The Balaban J connectivity index is 2.01. The topological polar surface area (TPSA) is 61.9 Å². The van der Waals surface area contributed by atoms with Gasteiger partial charge in [0.25, 0.3) is 5.91 Å². The van der Waals surface area contributed by atoms with E-state index in [1.807, 2.05) is 0 Å². The molecule has 1 aliphatic rings. The summed E-state index contributed by atoms with van der Waals surface area (Å²) in [7, 11) is 0. The molecule has 1 aliphatic heterocycles. The molecule has 0 radical (unpaired) electrons. The van der Waals surface area contributed by atoms with Crippen LogP contribution in [0.15, 0.2) is 18.2 Å². The molecule has 1 aromatic carbocycles. The maximum atomic E-state index is 13.5. The van der Waals surface area contributed by atoms with Gasteiger partial charge in [0, 0.05) is 19.2 Å². The number of hydrazine groups is 1. The molecule has 0 atom stereocenters. The molecule has 1 aromatic rings. The summed E-state index contributed by atoms with van der Waals surface area (Å²) >= 11 is 6.11. The Kier molecular flexibility index (Phi) is 5.54. The van der Waals surface area contributed by atoms with E-state index >= 15 is 0 Å². The lowest BCUT2D eigenvalue weighted by Gasteiger charge is -2.30. The first-order chi connectivity index (χ1) is 11.2. The molecule has 2 amide bonds. The molecule has 1 fully saturated rings. The van der Waals surface area contributed by atoms with Crippen LogP contribution in [0, 0.1) is 5.82 Å². The largest absolute Gasteiger partial charge is 0.444 e. The Labute approximate surface area is 145 Å². The van der Waals surface area contributed by atoms with Gasteiger partial charge in [-0.05, 0) is 39.3 Å². The van der Waals surface area contributed by atoms with Crippen molar-refractivity contribution in [1.82, 2.24) is 10.3 Å². The number of rotatable bonds is 3. The Bertz CT molecular complexity index is 633. The molecule has 0 spiro atoms. The van der Waals surface area contributed by atoms with Gasteiger partial charge in [-0.1, -0.05) is 11.6 Å². The Hall–Kier alpha value is -2.02. The summed E-state index contributed by atoms with van der Waals surface area (Å²) in [5, 5.41) is 5.87. The van der Waals surface area contributed by atoms with Crippen molar-refractivity contribution in [2.45, 2.75) is 32.8 Å². The number of benzene rings is 1. The number of alkyl carbamates (subject to hydrolysis) is 1. The fourth-order valence-electron chi connectivity index (χ4n) is 2.36. The van der Waals surface area contributed by atoms with Crippen LogP contribution in [0.1, 0.15) is 27.2 Å². The second-order valence-electron chi connectivity index (χ2n) is 6.44. The molecule has 0 aromatic heterocycles. The van der Waals surface area contributed by atoms with E-state index in [4.69, 9.17) is 16.3 Å². The standard InChI is InChI=1S/C16H21ClFN3O3/c1-16(2,3)24-15(23)19-10-14(22)21-8-4-7-20(21)13-9-11(18)5-6-12(13)17/h5-6,9H,4,7-8,10H2,1-3H3,(H,19,23). The van der Waals surface area contributed by atoms with Gasteiger partial charge in [-0.15, -0.1) is 0 Å². The predicted molar refractivity (Wildman–Crippen MR) is 89.3 cm³/mol. The lowest BCUT2D eigenvalue weighted by atomic mass is 10.2. The van der Waals surface area contributed by atoms with Crippen LogP contribution < -0.4 is 10.3 Å². The van der Waals surface area contributed by atoms with Crippen LogP contribution in [-0.4, -0.2) is 42.2 Å². The third-order valence-corrected chi connectivity index (χ3v) is 3.61. The lowest BCUT2D eigenvalue weighted by Crippen LogP contribution is -2.47. The van der Waals surface area contributed by atoms with E-state index in [0.717, 1.165) is 6.42 Å². The average Bonchev–Trinajstić information content (AvgIpc) is 2.95. The smallest absolute Gasteiger partial charge is 0.408 e. The van der Waals surface area contributed by atoms with E-state index in [1.54, 1.807) is 25.8 Å². The fraction of sp³-hybridized carbons (Fsp3) is 0.500. The highest BCUT2D eigenvalue weighted by molar-refractivity contribution is 6.33. The van der Waals surface area contributed by atoms with Crippen molar-refractivity contribution >= 4 is 29.3 Å². The first kappa shape index (κ1) is 18.3. The highest BCUT2D eigenvalue weighted by atomic mass is 35.5. The van der Waals surface area contributed by atoms with Gasteiger partial charge in [0.1, 0.15) is 18.0 Å². The molecular weight excluding hydrogens is 337 g/mol. The van der Waals surface area contributed by atoms with Crippen LogP contribution in [0.2, 0.25) is 5.02 Å². The van der Waals surface area contributed by atoms with E-state index in [2.05, 4.69) is 5.32 Å². The predicted octanol–water partition coefficient (Wildman–Crippen LogP) is 2.96. The highest BCUT2D eigenvalue weighted by Gasteiger charge is 2.29. The Morgan fingerprint density at radius 1 is 1.33 bits per heavy atom. The van der Waals surface area contributed by atoms with Crippen LogP contribution in [0.25, 0.3) is 0 Å². The molecule has 0 saturated carbocycles. The molecule has 8 heteroatoms. The molecule has 132 valence electrons. The third-order valence-electron chi connectivity index (χ3n) is 3.29. The Morgan fingerprint density at radius 2 is 2.04 bits per heavy atom. The van der Waals surface area contributed by atoms with Crippen molar-refractivity contribution < 1.29 is 18.7 Å². The number of amides is 2. The number of ether oxygens (including phenoxy) is 1. The number of carbonyl (C=O) groups is 2. The maximum absolute atomic E-state index is 13.5. The van der Waals surface area contributed by atoms with E-state index in [1.165, 1.54) is 23.2 Å². The molecule has 1 heterocycles. The minimum absolute atomic E-state index is 0.210. The molecule has 0 aliphatic carbocycles. The molecule has 0 bridgehead atoms. The zero-order valence-electron chi connectivity index (χ0n) is 13.9. The zero-order chi connectivity index (χ0) is 17.9. The molecule has 24 heavy (non-hydrogen) atoms. The third kappa shape index (κ3) is 4.74. The number of hydrogen-bond acceptors (Lipinski definition) is 4. The summed E-state index contributed by atoms with van der Waals surface area (Å²) in [6.45, 7) is 6.02. The first-order valence-electron chi connectivity index (χ1n) is 7.67. The quantitative estimate of drug-likeness (QED) is 0.903. The fourth-order valence-corrected chi connectivity index (χ4v) is 2.57. The summed E-state index contributed by atoms with van der Waals surface area (Å²) in [4.78, 5) is 24.0. The summed E-state index contributed by atoms with van der Waals surface area (Å²) in [5.74, 6) is -0.751.